The first kappa shape index (κ1) is 10.9. The first-order valence-corrected chi connectivity index (χ1v) is 6.52. The fraction of sp³-hybridized carbons (Fsp3) is 0.250. The highest BCUT2D eigenvalue weighted by molar-refractivity contribution is 5.66. The summed E-state index contributed by atoms with van der Waals surface area (Å²) in [6.07, 6.45) is 0.176. The van der Waals surface area contributed by atoms with E-state index in [-0.39, 0.29) is 0 Å². The summed E-state index contributed by atoms with van der Waals surface area (Å²) in [7, 11) is 0. The molecule has 2 heterocycles. The second kappa shape index (κ2) is 3.52. The van der Waals surface area contributed by atoms with Gasteiger partial charge in [-0.05, 0) is 24.1 Å². The summed E-state index contributed by atoms with van der Waals surface area (Å²) in [4.78, 5) is 0. The Labute approximate surface area is 111 Å². The van der Waals surface area contributed by atoms with E-state index in [9.17, 15) is 5.11 Å². The fourth-order valence-electron chi connectivity index (χ4n) is 3.11. The van der Waals surface area contributed by atoms with Crippen molar-refractivity contribution in [2.75, 3.05) is 5.32 Å². The van der Waals surface area contributed by atoms with Crippen molar-refractivity contribution in [1.29, 1.82) is 0 Å². The lowest BCUT2D eigenvalue weighted by atomic mass is 9.85. The molecule has 0 aliphatic carbocycles. The molecule has 0 fully saturated rings. The summed E-state index contributed by atoms with van der Waals surface area (Å²) in [5, 5.41) is 14.4. The molecule has 4 rings (SSSR count). The first-order chi connectivity index (χ1) is 9.18. The van der Waals surface area contributed by atoms with Crippen molar-refractivity contribution in [2.24, 2.45) is 0 Å². The molecule has 0 unspecified atom stereocenters. The van der Waals surface area contributed by atoms with Gasteiger partial charge < -0.3 is 15.2 Å². The monoisotopic (exact) mass is 253 g/mol. The molecule has 2 aliphatic heterocycles. The van der Waals surface area contributed by atoms with Crippen LogP contribution in [0.5, 0.6) is 5.75 Å². The summed E-state index contributed by atoms with van der Waals surface area (Å²) in [6.45, 7) is 2.04. The van der Waals surface area contributed by atoms with Gasteiger partial charge in [0, 0.05) is 17.7 Å². The zero-order valence-electron chi connectivity index (χ0n) is 10.7. The van der Waals surface area contributed by atoms with E-state index in [0.717, 1.165) is 28.1 Å². The van der Waals surface area contributed by atoms with Crippen molar-refractivity contribution in [3.8, 4) is 5.75 Å². The molecule has 3 nitrogen and oxygen atoms in total. The van der Waals surface area contributed by atoms with Crippen LogP contribution in [0.4, 0.5) is 5.69 Å². The van der Waals surface area contributed by atoms with Crippen LogP contribution in [0.1, 0.15) is 16.7 Å². The predicted octanol–water partition coefficient (Wildman–Crippen LogP) is 2.57. The zero-order valence-corrected chi connectivity index (χ0v) is 10.7. The average molecular weight is 253 g/mol. The van der Waals surface area contributed by atoms with E-state index in [4.69, 9.17) is 4.74 Å². The summed E-state index contributed by atoms with van der Waals surface area (Å²) in [5.74, 6) is 0.857. The number of para-hydroxylation sites is 2. The maximum Gasteiger partial charge on any atom is 0.203 e. The number of hydrogen-bond acceptors (Lipinski definition) is 3. The van der Waals surface area contributed by atoms with Crippen LogP contribution >= 0.6 is 0 Å². The molecule has 19 heavy (non-hydrogen) atoms. The van der Waals surface area contributed by atoms with E-state index in [2.05, 4.69) is 5.32 Å². The van der Waals surface area contributed by atoms with Crippen LogP contribution in [0.3, 0.4) is 0 Å². The van der Waals surface area contributed by atoms with Crippen LogP contribution in [0, 0.1) is 6.92 Å². The summed E-state index contributed by atoms with van der Waals surface area (Å²) in [6, 6.07) is 13.9. The van der Waals surface area contributed by atoms with Gasteiger partial charge in [0.25, 0.3) is 0 Å². The molecule has 3 heteroatoms. The molecule has 2 aromatic carbocycles. The largest absolute Gasteiger partial charge is 0.467 e. The van der Waals surface area contributed by atoms with E-state index >= 15 is 0 Å². The Bertz CT molecular complexity index is 668. The van der Waals surface area contributed by atoms with Gasteiger partial charge in [-0.2, -0.15) is 0 Å². The number of ether oxygens (including phenoxy) is 1. The van der Waals surface area contributed by atoms with Crippen molar-refractivity contribution in [1.82, 2.24) is 0 Å². The van der Waals surface area contributed by atoms with Gasteiger partial charge in [-0.15, -0.1) is 0 Å². The van der Waals surface area contributed by atoms with Crippen molar-refractivity contribution in [2.45, 2.75) is 25.2 Å². The van der Waals surface area contributed by atoms with E-state index in [0.29, 0.717) is 6.42 Å². The van der Waals surface area contributed by atoms with E-state index in [1.54, 1.807) is 0 Å². The molecule has 0 spiro atoms. The van der Waals surface area contributed by atoms with Gasteiger partial charge >= 0.3 is 0 Å². The molecular formula is C16H15NO2. The lowest BCUT2D eigenvalue weighted by molar-refractivity contribution is -0.0576. The highest BCUT2D eigenvalue weighted by Gasteiger charge is 2.50. The van der Waals surface area contributed by atoms with Gasteiger partial charge in [0.15, 0.2) is 5.60 Å². The van der Waals surface area contributed by atoms with Gasteiger partial charge in [-0.3, -0.25) is 0 Å². The van der Waals surface area contributed by atoms with Crippen molar-refractivity contribution < 1.29 is 9.84 Å². The molecule has 0 amide bonds. The predicted molar refractivity (Wildman–Crippen MR) is 73.3 cm³/mol. The highest BCUT2D eigenvalue weighted by atomic mass is 16.5. The second-order valence-electron chi connectivity index (χ2n) is 5.35. The van der Waals surface area contributed by atoms with Crippen LogP contribution in [-0.4, -0.2) is 11.3 Å². The fourth-order valence-corrected chi connectivity index (χ4v) is 3.11. The second-order valence-corrected chi connectivity index (χ2v) is 5.35. The molecular weight excluding hydrogens is 238 g/mol. The summed E-state index contributed by atoms with van der Waals surface area (Å²) in [5.41, 5.74) is 3.15. The minimum Gasteiger partial charge on any atom is -0.467 e. The Morgan fingerprint density at radius 3 is 2.95 bits per heavy atom. The normalized spacial score (nSPS) is 26.7. The number of fused-ring (bicyclic) bond motifs is 4. The number of aryl methyl sites for hydroxylation is 1. The van der Waals surface area contributed by atoms with Crippen molar-refractivity contribution in [3.63, 3.8) is 0 Å². The topological polar surface area (TPSA) is 41.5 Å². The minimum absolute atomic E-state index is 0.404. The third-order valence-corrected chi connectivity index (χ3v) is 4.13. The van der Waals surface area contributed by atoms with Crippen molar-refractivity contribution >= 4 is 5.69 Å². The van der Waals surface area contributed by atoms with Crippen LogP contribution in [0.2, 0.25) is 0 Å². The number of aliphatic hydroxyl groups is 1. The smallest absolute Gasteiger partial charge is 0.203 e. The van der Waals surface area contributed by atoms with Crippen LogP contribution in [0.15, 0.2) is 42.5 Å². The Hall–Kier alpha value is -2.00. The van der Waals surface area contributed by atoms with Gasteiger partial charge in [-0.1, -0.05) is 36.4 Å². The SMILES string of the molecule is Cc1cccc2c1N[C@H]1Oc3ccccc3C[C@@]21O. The standard InChI is InChI=1S/C16H15NO2/c1-10-5-4-7-12-14(10)17-15-16(12,18)9-11-6-2-3-8-13(11)19-15/h2-8,15,17-18H,9H2,1H3/t15-,16+/m0/s1. The Morgan fingerprint density at radius 2 is 2.05 bits per heavy atom. The van der Waals surface area contributed by atoms with Crippen LogP contribution in [0.25, 0.3) is 0 Å². The molecule has 0 aromatic heterocycles. The Kier molecular flexibility index (Phi) is 2.01. The number of nitrogens with one attached hydrogen (secondary N) is 1. The number of benzene rings is 2. The quantitative estimate of drug-likeness (QED) is 0.758. The molecule has 0 bridgehead atoms. The molecule has 96 valence electrons. The molecule has 2 aliphatic rings. The average Bonchev–Trinajstić information content (AvgIpc) is 2.70. The van der Waals surface area contributed by atoms with Crippen molar-refractivity contribution in [3.05, 3.63) is 59.2 Å². The van der Waals surface area contributed by atoms with E-state index < -0.39 is 11.8 Å². The van der Waals surface area contributed by atoms with E-state index in [1.165, 1.54) is 0 Å². The molecule has 0 saturated heterocycles. The highest BCUT2D eigenvalue weighted by Crippen LogP contribution is 2.47. The molecule has 0 saturated carbocycles. The molecule has 2 atom stereocenters. The molecule has 0 radical (unpaired) electrons. The number of hydrogen-bond donors (Lipinski definition) is 2. The van der Waals surface area contributed by atoms with Gasteiger partial charge in [0.2, 0.25) is 6.23 Å². The maximum absolute atomic E-state index is 11.0. The van der Waals surface area contributed by atoms with Gasteiger partial charge in [0.1, 0.15) is 5.75 Å². The molecule has 2 aromatic rings. The first-order valence-electron chi connectivity index (χ1n) is 6.52. The van der Waals surface area contributed by atoms with Gasteiger partial charge in [0.05, 0.1) is 0 Å². The third kappa shape index (κ3) is 1.36. The Morgan fingerprint density at radius 1 is 1.21 bits per heavy atom. The summed E-state index contributed by atoms with van der Waals surface area (Å²) >= 11 is 0. The van der Waals surface area contributed by atoms with Gasteiger partial charge in [-0.25, -0.2) is 0 Å². The summed E-state index contributed by atoms with van der Waals surface area (Å²) < 4.78 is 5.94. The Balaban J connectivity index is 1.88. The number of rotatable bonds is 0. The third-order valence-electron chi connectivity index (χ3n) is 4.13. The zero-order chi connectivity index (χ0) is 13.0. The molecule has 2 N–H and O–H groups in total. The maximum atomic E-state index is 11.0. The minimum atomic E-state index is -0.976. The lowest BCUT2D eigenvalue weighted by Crippen LogP contribution is -2.47. The van der Waals surface area contributed by atoms with Crippen LogP contribution < -0.4 is 10.1 Å². The lowest BCUT2D eigenvalue weighted by Gasteiger charge is -2.35. The van der Waals surface area contributed by atoms with E-state index in [1.807, 2.05) is 49.4 Å². The number of anilines is 1. The van der Waals surface area contributed by atoms with Crippen LogP contribution in [-0.2, 0) is 12.0 Å².